The maximum atomic E-state index is 9.59. The summed E-state index contributed by atoms with van der Waals surface area (Å²) in [6.45, 7) is 2.95. The zero-order chi connectivity index (χ0) is 17.6. The van der Waals surface area contributed by atoms with Crippen LogP contribution >= 0.6 is 11.3 Å². The highest BCUT2D eigenvalue weighted by atomic mass is 32.1. The van der Waals surface area contributed by atoms with Crippen molar-refractivity contribution in [1.82, 2.24) is 4.98 Å². The topological polar surface area (TPSA) is 68.7 Å². The summed E-state index contributed by atoms with van der Waals surface area (Å²) >= 11 is 1.66. The second-order valence-corrected chi connectivity index (χ2v) is 5.56. The van der Waals surface area contributed by atoms with Crippen molar-refractivity contribution in [2.75, 3.05) is 13.7 Å². The monoisotopic (exact) mass is 349 g/mol. The number of aliphatic carboxylic acids is 1. The van der Waals surface area contributed by atoms with Gasteiger partial charge in [0.25, 0.3) is 0 Å². The largest absolute Gasteiger partial charge is 0.504 e. The Morgan fingerprint density at radius 2 is 2.12 bits per heavy atom. The van der Waals surface area contributed by atoms with Crippen LogP contribution in [0.2, 0.25) is 0 Å². The van der Waals surface area contributed by atoms with Crippen LogP contribution in [-0.2, 0) is 9.53 Å². The number of nitrogens with zero attached hydrogens (tertiary/aromatic N) is 1. The molecule has 0 aliphatic carbocycles. The molecule has 6 heteroatoms. The first-order valence-electron chi connectivity index (χ1n) is 7.65. The fourth-order valence-corrected chi connectivity index (χ4v) is 2.58. The molecule has 0 saturated heterocycles. The van der Waals surface area contributed by atoms with Gasteiger partial charge in [-0.3, -0.25) is 0 Å². The summed E-state index contributed by atoms with van der Waals surface area (Å²) in [5, 5.41) is 10.0. The molecule has 1 atom stereocenters. The lowest BCUT2D eigenvalue weighted by Crippen LogP contribution is -2.05. The molecule has 5 nitrogen and oxygen atoms in total. The molecule has 0 aliphatic heterocycles. The Bertz CT molecular complexity index is 584. The second-order valence-electron chi connectivity index (χ2n) is 4.85. The standard InChI is InChI=1S/C14H17NOS.C4H6O3/c1-2-12(14-10-17-11-15-14)8-9-16-13-6-4-3-5-7-13;1-7-3-2-4(5)6/h3-7,10-12H,2,8-9H2,1H3;2-3H,1H3,(H,5,6). The molecule has 1 aromatic heterocycles. The number of aromatic nitrogens is 1. The van der Waals surface area contributed by atoms with Gasteiger partial charge in [-0.15, -0.1) is 11.3 Å². The Labute approximate surface area is 146 Å². The molecule has 0 bridgehead atoms. The van der Waals surface area contributed by atoms with E-state index in [4.69, 9.17) is 9.84 Å². The predicted octanol–water partition coefficient (Wildman–Crippen LogP) is 4.34. The van der Waals surface area contributed by atoms with Crippen LogP contribution in [0.25, 0.3) is 0 Å². The molecular weight excluding hydrogens is 326 g/mol. The number of ether oxygens (including phenoxy) is 2. The summed E-state index contributed by atoms with van der Waals surface area (Å²) in [5.74, 6) is 0.465. The van der Waals surface area contributed by atoms with Gasteiger partial charge in [0.05, 0.1) is 37.3 Å². The Hall–Kier alpha value is -2.34. The van der Waals surface area contributed by atoms with Crippen molar-refractivity contribution in [3.8, 4) is 5.75 Å². The fraction of sp³-hybridized carbons (Fsp3) is 0.333. The lowest BCUT2D eigenvalue weighted by molar-refractivity contribution is -0.131. The lowest BCUT2D eigenvalue weighted by Gasteiger charge is -2.13. The molecule has 24 heavy (non-hydrogen) atoms. The molecule has 2 aromatic rings. The normalized spacial score (nSPS) is 11.4. The molecule has 0 fully saturated rings. The molecule has 0 saturated carbocycles. The molecule has 0 aliphatic rings. The Kier molecular flexibility index (Phi) is 9.96. The van der Waals surface area contributed by atoms with E-state index in [0.717, 1.165) is 37.5 Å². The van der Waals surface area contributed by atoms with Crippen molar-refractivity contribution < 1.29 is 19.4 Å². The molecule has 1 unspecified atom stereocenters. The Balaban J connectivity index is 0.000000351. The predicted molar refractivity (Wildman–Crippen MR) is 95.5 cm³/mol. The van der Waals surface area contributed by atoms with Crippen molar-refractivity contribution >= 4 is 17.3 Å². The average molecular weight is 349 g/mol. The number of rotatable bonds is 8. The van der Waals surface area contributed by atoms with Gasteiger partial charge in [0.15, 0.2) is 0 Å². The van der Waals surface area contributed by atoms with Gasteiger partial charge in [-0.1, -0.05) is 25.1 Å². The van der Waals surface area contributed by atoms with Crippen LogP contribution in [0.3, 0.4) is 0 Å². The average Bonchev–Trinajstić information content (AvgIpc) is 3.13. The van der Waals surface area contributed by atoms with Crippen molar-refractivity contribution in [3.63, 3.8) is 0 Å². The molecule has 2 rings (SSSR count). The van der Waals surface area contributed by atoms with Crippen LogP contribution in [0, 0.1) is 0 Å². The summed E-state index contributed by atoms with van der Waals surface area (Å²) in [6, 6.07) is 9.96. The quantitative estimate of drug-likeness (QED) is 0.567. The van der Waals surface area contributed by atoms with E-state index in [1.165, 1.54) is 12.8 Å². The number of carboxylic acids is 1. The highest BCUT2D eigenvalue weighted by molar-refractivity contribution is 7.07. The molecule has 0 radical (unpaired) electrons. The first-order valence-corrected chi connectivity index (χ1v) is 8.59. The number of hydrogen-bond acceptors (Lipinski definition) is 5. The zero-order valence-electron chi connectivity index (χ0n) is 13.9. The summed E-state index contributed by atoms with van der Waals surface area (Å²) in [5.41, 5.74) is 3.10. The molecule has 130 valence electrons. The number of carboxylic acid groups (broad SMARTS) is 1. The molecule has 1 N–H and O–H groups in total. The molecule has 0 spiro atoms. The minimum absolute atomic E-state index is 0.518. The van der Waals surface area contributed by atoms with E-state index in [1.807, 2.05) is 35.8 Å². The van der Waals surface area contributed by atoms with Gasteiger partial charge in [-0.25, -0.2) is 9.78 Å². The van der Waals surface area contributed by atoms with E-state index >= 15 is 0 Å². The van der Waals surface area contributed by atoms with E-state index < -0.39 is 5.97 Å². The first kappa shape index (κ1) is 19.7. The highest BCUT2D eigenvalue weighted by Crippen LogP contribution is 2.23. The van der Waals surface area contributed by atoms with Crippen molar-refractivity contribution in [1.29, 1.82) is 0 Å². The SMILES string of the molecule is CCC(CCOc1ccccc1)c1cscn1.COC=CC(=O)O. The second kappa shape index (κ2) is 12.1. The maximum absolute atomic E-state index is 9.59. The van der Waals surface area contributed by atoms with Gasteiger partial charge in [0.2, 0.25) is 0 Å². The molecule has 0 amide bonds. The molecule has 1 aromatic carbocycles. The zero-order valence-corrected chi connectivity index (χ0v) is 14.7. The number of thiazole rings is 1. The number of methoxy groups -OCH3 is 1. The van der Waals surface area contributed by atoms with Gasteiger partial charge in [0, 0.05) is 11.3 Å². The number of hydrogen-bond donors (Lipinski definition) is 1. The van der Waals surface area contributed by atoms with Crippen LogP contribution in [0.4, 0.5) is 0 Å². The van der Waals surface area contributed by atoms with Crippen LogP contribution in [0.5, 0.6) is 5.75 Å². The van der Waals surface area contributed by atoms with Crippen molar-refractivity contribution in [3.05, 3.63) is 59.3 Å². The Morgan fingerprint density at radius 1 is 1.38 bits per heavy atom. The third kappa shape index (κ3) is 8.33. The number of para-hydroxylation sites is 1. The van der Waals surface area contributed by atoms with E-state index in [1.54, 1.807) is 11.3 Å². The first-order chi connectivity index (χ1) is 11.7. The van der Waals surface area contributed by atoms with Gasteiger partial charge in [0.1, 0.15) is 5.75 Å². The van der Waals surface area contributed by atoms with Gasteiger partial charge in [-0.2, -0.15) is 0 Å². The van der Waals surface area contributed by atoms with Crippen LogP contribution < -0.4 is 4.74 Å². The number of carbonyl (C=O) groups is 1. The van der Waals surface area contributed by atoms with E-state index in [2.05, 4.69) is 22.0 Å². The molecular formula is C18H23NO4S. The summed E-state index contributed by atoms with van der Waals surface area (Å²) in [6.07, 6.45) is 4.15. The fourth-order valence-electron chi connectivity index (χ4n) is 1.95. The Morgan fingerprint density at radius 3 is 2.62 bits per heavy atom. The summed E-state index contributed by atoms with van der Waals surface area (Å²) in [7, 11) is 1.39. The lowest BCUT2D eigenvalue weighted by atomic mass is 10.00. The minimum atomic E-state index is -0.998. The van der Waals surface area contributed by atoms with Gasteiger partial charge >= 0.3 is 5.97 Å². The van der Waals surface area contributed by atoms with Crippen LogP contribution in [-0.4, -0.2) is 29.8 Å². The van der Waals surface area contributed by atoms with Crippen LogP contribution in [0.1, 0.15) is 31.4 Å². The van der Waals surface area contributed by atoms with E-state index in [9.17, 15) is 4.79 Å². The summed E-state index contributed by atoms with van der Waals surface area (Å²) < 4.78 is 10.0. The van der Waals surface area contributed by atoms with Crippen molar-refractivity contribution in [2.45, 2.75) is 25.7 Å². The maximum Gasteiger partial charge on any atom is 0.331 e. The van der Waals surface area contributed by atoms with Gasteiger partial charge < -0.3 is 14.6 Å². The van der Waals surface area contributed by atoms with E-state index in [-0.39, 0.29) is 0 Å². The summed E-state index contributed by atoms with van der Waals surface area (Å²) in [4.78, 5) is 14.0. The smallest absolute Gasteiger partial charge is 0.331 e. The number of benzene rings is 1. The minimum Gasteiger partial charge on any atom is -0.504 e. The molecule has 1 heterocycles. The van der Waals surface area contributed by atoms with Crippen molar-refractivity contribution in [2.24, 2.45) is 0 Å². The third-order valence-corrected chi connectivity index (χ3v) is 3.79. The van der Waals surface area contributed by atoms with E-state index in [0.29, 0.717) is 5.92 Å². The van der Waals surface area contributed by atoms with Crippen LogP contribution in [0.15, 0.2) is 53.6 Å². The highest BCUT2D eigenvalue weighted by Gasteiger charge is 2.11. The third-order valence-electron chi connectivity index (χ3n) is 3.19. The van der Waals surface area contributed by atoms with Gasteiger partial charge in [-0.05, 0) is 25.0 Å².